The van der Waals surface area contributed by atoms with Crippen LogP contribution in [0.25, 0.3) is 0 Å². The molecule has 3 rings (SSSR count). The maximum atomic E-state index is 12.5. The molecule has 0 aliphatic rings. The third-order valence-corrected chi connectivity index (χ3v) is 4.40. The molecule has 1 N–H and O–H groups in total. The lowest BCUT2D eigenvalue weighted by Crippen LogP contribution is -2.18. The zero-order valence-corrected chi connectivity index (χ0v) is 15.4. The van der Waals surface area contributed by atoms with Crippen molar-refractivity contribution >= 4 is 17.3 Å². The molecule has 2 aromatic carbocycles. The molecule has 0 saturated heterocycles. The number of rotatable bonds is 5. The molecule has 0 radical (unpaired) electrons. The topological polar surface area (TPSA) is 45.2 Å². The minimum absolute atomic E-state index is 0.195. The number of para-hydroxylation sites is 1. The van der Waals surface area contributed by atoms with Crippen LogP contribution < -0.4 is 10.2 Å². The Kier molecular flexibility index (Phi) is 5.32. The van der Waals surface area contributed by atoms with Gasteiger partial charge in [-0.3, -0.25) is 4.79 Å². The lowest BCUT2D eigenvalue weighted by atomic mass is 10.1. The van der Waals surface area contributed by atoms with Gasteiger partial charge in [-0.25, -0.2) is 4.98 Å². The van der Waals surface area contributed by atoms with Gasteiger partial charge in [-0.15, -0.1) is 0 Å². The molecule has 0 saturated carbocycles. The average molecular weight is 345 g/mol. The Hall–Kier alpha value is -3.14. The highest BCUT2D eigenvalue weighted by Gasteiger charge is 2.11. The minimum atomic E-state index is -0.195. The van der Waals surface area contributed by atoms with Crippen LogP contribution >= 0.6 is 0 Å². The molecule has 132 valence electrons. The standard InChI is InChI=1S/C22H23N3O/c1-16-8-7-9-17(2)21(16)24-22(26)20-13-12-19(14-23-20)25(3)15-18-10-5-4-6-11-18/h4-14H,15H2,1-3H3,(H,24,26). The number of pyridine rings is 1. The van der Waals surface area contributed by atoms with Crippen molar-refractivity contribution in [3.63, 3.8) is 0 Å². The molecule has 1 heterocycles. The van der Waals surface area contributed by atoms with E-state index in [1.807, 2.05) is 63.4 Å². The zero-order valence-electron chi connectivity index (χ0n) is 15.4. The Morgan fingerprint density at radius 1 is 0.962 bits per heavy atom. The fourth-order valence-electron chi connectivity index (χ4n) is 2.88. The zero-order chi connectivity index (χ0) is 18.5. The average Bonchev–Trinajstić information content (AvgIpc) is 2.65. The summed E-state index contributed by atoms with van der Waals surface area (Å²) in [5.41, 5.74) is 5.54. The van der Waals surface area contributed by atoms with E-state index in [1.54, 1.807) is 12.3 Å². The molecule has 0 fully saturated rings. The predicted octanol–water partition coefficient (Wildman–Crippen LogP) is 4.59. The maximum Gasteiger partial charge on any atom is 0.274 e. The summed E-state index contributed by atoms with van der Waals surface area (Å²) in [5.74, 6) is -0.195. The first kappa shape index (κ1) is 17.7. The summed E-state index contributed by atoms with van der Waals surface area (Å²) in [6.45, 7) is 4.76. The van der Waals surface area contributed by atoms with Crippen molar-refractivity contribution in [2.75, 3.05) is 17.3 Å². The fourth-order valence-corrected chi connectivity index (χ4v) is 2.88. The molecule has 0 aliphatic heterocycles. The Balaban J connectivity index is 1.70. The van der Waals surface area contributed by atoms with Gasteiger partial charge >= 0.3 is 0 Å². The van der Waals surface area contributed by atoms with Crippen molar-refractivity contribution < 1.29 is 4.79 Å². The lowest BCUT2D eigenvalue weighted by molar-refractivity contribution is 0.102. The normalized spacial score (nSPS) is 10.4. The summed E-state index contributed by atoms with van der Waals surface area (Å²) in [7, 11) is 2.01. The monoisotopic (exact) mass is 345 g/mol. The van der Waals surface area contributed by atoms with E-state index in [0.717, 1.165) is 29.0 Å². The van der Waals surface area contributed by atoms with Crippen LogP contribution in [0.3, 0.4) is 0 Å². The first-order chi connectivity index (χ1) is 12.5. The summed E-state index contributed by atoms with van der Waals surface area (Å²) in [6, 6.07) is 19.9. The Labute approximate surface area is 154 Å². The number of hydrogen-bond donors (Lipinski definition) is 1. The molecule has 4 nitrogen and oxygen atoms in total. The number of hydrogen-bond acceptors (Lipinski definition) is 3. The van der Waals surface area contributed by atoms with Gasteiger partial charge in [-0.1, -0.05) is 48.5 Å². The van der Waals surface area contributed by atoms with E-state index in [1.165, 1.54) is 5.56 Å². The molecular weight excluding hydrogens is 322 g/mol. The molecule has 0 atom stereocenters. The van der Waals surface area contributed by atoms with E-state index in [0.29, 0.717) is 5.69 Å². The van der Waals surface area contributed by atoms with Crippen LogP contribution in [0.2, 0.25) is 0 Å². The third kappa shape index (κ3) is 4.09. The smallest absolute Gasteiger partial charge is 0.274 e. The molecule has 26 heavy (non-hydrogen) atoms. The third-order valence-electron chi connectivity index (χ3n) is 4.40. The van der Waals surface area contributed by atoms with E-state index in [2.05, 4.69) is 27.3 Å². The maximum absolute atomic E-state index is 12.5. The van der Waals surface area contributed by atoms with Crippen LogP contribution in [0, 0.1) is 13.8 Å². The van der Waals surface area contributed by atoms with Crippen molar-refractivity contribution in [3.05, 3.63) is 89.2 Å². The number of aryl methyl sites for hydroxylation is 2. The SMILES string of the molecule is Cc1cccc(C)c1NC(=O)c1ccc(N(C)Cc2ccccc2)cn1. The van der Waals surface area contributed by atoms with Gasteiger partial charge in [-0.05, 0) is 42.7 Å². The molecule has 0 spiro atoms. The highest BCUT2D eigenvalue weighted by molar-refractivity contribution is 6.03. The molecule has 0 bridgehead atoms. The second-order valence-electron chi connectivity index (χ2n) is 6.46. The van der Waals surface area contributed by atoms with Crippen LogP contribution in [-0.4, -0.2) is 17.9 Å². The lowest BCUT2D eigenvalue weighted by Gasteiger charge is -2.19. The van der Waals surface area contributed by atoms with Crippen LogP contribution in [0.5, 0.6) is 0 Å². The number of nitrogens with zero attached hydrogens (tertiary/aromatic N) is 2. The summed E-state index contributed by atoms with van der Waals surface area (Å²) in [6.07, 6.45) is 1.74. The van der Waals surface area contributed by atoms with Crippen LogP contribution in [0.4, 0.5) is 11.4 Å². The Morgan fingerprint density at radius 2 is 1.65 bits per heavy atom. The van der Waals surface area contributed by atoms with Crippen molar-refractivity contribution in [3.8, 4) is 0 Å². The highest BCUT2D eigenvalue weighted by atomic mass is 16.1. The fraction of sp³-hybridized carbons (Fsp3) is 0.182. The summed E-state index contributed by atoms with van der Waals surface area (Å²) in [5, 5.41) is 2.97. The molecule has 0 unspecified atom stereocenters. The van der Waals surface area contributed by atoms with Gasteiger partial charge in [0.1, 0.15) is 5.69 Å². The van der Waals surface area contributed by atoms with E-state index in [-0.39, 0.29) is 5.91 Å². The van der Waals surface area contributed by atoms with Crippen molar-refractivity contribution in [2.45, 2.75) is 20.4 Å². The summed E-state index contributed by atoms with van der Waals surface area (Å²) < 4.78 is 0. The van der Waals surface area contributed by atoms with Crippen molar-refractivity contribution in [2.24, 2.45) is 0 Å². The van der Waals surface area contributed by atoms with Gasteiger partial charge in [-0.2, -0.15) is 0 Å². The van der Waals surface area contributed by atoms with Gasteiger partial charge in [0.2, 0.25) is 0 Å². The second kappa shape index (κ2) is 7.83. The molecule has 1 amide bonds. The largest absolute Gasteiger partial charge is 0.369 e. The highest BCUT2D eigenvalue weighted by Crippen LogP contribution is 2.20. The number of carbonyl (C=O) groups is 1. The first-order valence-electron chi connectivity index (χ1n) is 8.63. The van der Waals surface area contributed by atoms with Crippen molar-refractivity contribution in [1.29, 1.82) is 0 Å². The molecule has 3 aromatic rings. The number of anilines is 2. The molecule has 1 aromatic heterocycles. The minimum Gasteiger partial charge on any atom is -0.369 e. The van der Waals surface area contributed by atoms with Crippen LogP contribution in [0.1, 0.15) is 27.2 Å². The Morgan fingerprint density at radius 3 is 2.27 bits per heavy atom. The molecular formula is C22H23N3O. The van der Waals surface area contributed by atoms with Gasteiger partial charge in [0, 0.05) is 19.3 Å². The molecule has 4 heteroatoms. The quantitative estimate of drug-likeness (QED) is 0.736. The number of amides is 1. The number of nitrogens with one attached hydrogen (secondary N) is 1. The number of benzene rings is 2. The second-order valence-corrected chi connectivity index (χ2v) is 6.46. The number of carbonyl (C=O) groups excluding carboxylic acids is 1. The van der Waals surface area contributed by atoms with Crippen molar-refractivity contribution in [1.82, 2.24) is 4.98 Å². The van der Waals surface area contributed by atoms with Gasteiger partial charge in [0.25, 0.3) is 5.91 Å². The van der Waals surface area contributed by atoms with Crippen LogP contribution in [0.15, 0.2) is 66.9 Å². The van der Waals surface area contributed by atoms with Gasteiger partial charge in [0.05, 0.1) is 11.9 Å². The Bertz CT molecular complexity index is 869. The first-order valence-corrected chi connectivity index (χ1v) is 8.63. The predicted molar refractivity (Wildman–Crippen MR) is 107 cm³/mol. The summed E-state index contributed by atoms with van der Waals surface area (Å²) >= 11 is 0. The van der Waals surface area contributed by atoms with E-state index in [4.69, 9.17) is 0 Å². The number of aromatic nitrogens is 1. The van der Waals surface area contributed by atoms with E-state index < -0.39 is 0 Å². The van der Waals surface area contributed by atoms with Gasteiger partial charge in [0.15, 0.2) is 0 Å². The molecule has 0 aliphatic carbocycles. The van der Waals surface area contributed by atoms with E-state index in [9.17, 15) is 4.79 Å². The van der Waals surface area contributed by atoms with E-state index >= 15 is 0 Å². The summed E-state index contributed by atoms with van der Waals surface area (Å²) in [4.78, 5) is 19.0. The van der Waals surface area contributed by atoms with Gasteiger partial charge < -0.3 is 10.2 Å². The van der Waals surface area contributed by atoms with Crippen LogP contribution in [-0.2, 0) is 6.54 Å².